The molecule has 0 aliphatic carbocycles. The molecule has 3 atom stereocenters. The third kappa shape index (κ3) is 4.69. The first-order valence-electron chi connectivity index (χ1n) is 7.45. The predicted octanol–water partition coefficient (Wildman–Crippen LogP) is 2.57. The SMILES string of the molecule is CCNC(CS(=O)CC1CCCO1)c1cccc(C)c1. The van der Waals surface area contributed by atoms with Crippen molar-refractivity contribution in [3.05, 3.63) is 35.4 Å². The van der Waals surface area contributed by atoms with E-state index in [1.54, 1.807) is 0 Å². The van der Waals surface area contributed by atoms with Gasteiger partial charge in [-0.3, -0.25) is 4.21 Å². The van der Waals surface area contributed by atoms with Gasteiger partial charge in [0.1, 0.15) is 0 Å². The van der Waals surface area contributed by atoms with Gasteiger partial charge in [0.25, 0.3) is 0 Å². The van der Waals surface area contributed by atoms with Gasteiger partial charge in [-0.25, -0.2) is 0 Å². The molecule has 0 aromatic heterocycles. The van der Waals surface area contributed by atoms with Gasteiger partial charge in [-0.1, -0.05) is 36.8 Å². The van der Waals surface area contributed by atoms with Gasteiger partial charge in [0.2, 0.25) is 0 Å². The average Bonchev–Trinajstić information content (AvgIpc) is 2.91. The Balaban J connectivity index is 1.95. The maximum atomic E-state index is 12.3. The molecule has 20 heavy (non-hydrogen) atoms. The summed E-state index contributed by atoms with van der Waals surface area (Å²) in [4.78, 5) is 0. The van der Waals surface area contributed by atoms with Crippen molar-refractivity contribution >= 4 is 10.8 Å². The van der Waals surface area contributed by atoms with Crippen LogP contribution in [0.2, 0.25) is 0 Å². The van der Waals surface area contributed by atoms with Crippen LogP contribution in [0.3, 0.4) is 0 Å². The lowest BCUT2D eigenvalue weighted by molar-refractivity contribution is 0.128. The van der Waals surface area contributed by atoms with Gasteiger partial charge >= 0.3 is 0 Å². The van der Waals surface area contributed by atoms with Crippen LogP contribution in [0.1, 0.15) is 36.9 Å². The van der Waals surface area contributed by atoms with Crippen molar-refractivity contribution in [2.45, 2.75) is 38.8 Å². The first kappa shape index (κ1) is 15.7. The van der Waals surface area contributed by atoms with Crippen molar-refractivity contribution in [3.8, 4) is 0 Å². The van der Waals surface area contributed by atoms with E-state index in [2.05, 4.69) is 43.4 Å². The van der Waals surface area contributed by atoms with Gasteiger partial charge in [0.15, 0.2) is 0 Å². The Morgan fingerprint density at radius 3 is 3.00 bits per heavy atom. The first-order valence-corrected chi connectivity index (χ1v) is 8.94. The summed E-state index contributed by atoms with van der Waals surface area (Å²) in [6.45, 7) is 5.90. The largest absolute Gasteiger partial charge is 0.377 e. The van der Waals surface area contributed by atoms with Gasteiger partial charge in [-0.2, -0.15) is 0 Å². The molecule has 0 spiro atoms. The summed E-state index contributed by atoms with van der Waals surface area (Å²) in [5, 5.41) is 3.45. The molecule has 0 radical (unpaired) electrons. The summed E-state index contributed by atoms with van der Waals surface area (Å²) in [7, 11) is -0.836. The zero-order chi connectivity index (χ0) is 14.4. The van der Waals surface area contributed by atoms with Crippen molar-refractivity contribution in [2.75, 3.05) is 24.7 Å². The average molecular weight is 295 g/mol. The molecule has 1 fully saturated rings. The van der Waals surface area contributed by atoms with E-state index in [0.29, 0.717) is 11.5 Å². The van der Waals surface area contributed by atoms with Crippen LogP contribution in [-0.4, -0.2) is 35.0 Å². The molecule has 1 N–H and O–H groups in total. The van der Waals surface area contributed by atoms with Gasteiger partial charge in [-0.05, 0) is 31.9 Å². The van der Waals surface area contributed by atoms with Crippen molar-refractivity contribution < 1.29 is 8.95 Å². The predicted molar refractivity (Wildman–Crippen MR) is 84.4 cm³/mol. The van der Waals surface area contributed by atoms with Crippen LogP contribution >= 0.6 is 0 Å². The molecule has 4 heteroatoms. The summed E-state index contributed by atoms with van der Waals surface area (Å²) in [6.07, 6.45) is 2.37. The second kappa shape index (κ2) is 7.91. The lowest BCUT2D eigenvalue weighted by atomic mass is 10.1. The number of hydrogen-bond acceptors (Lipinski definition) is 3. The molecule has 0 amide bonds. The highest BCUT2D eigenvalue weighted by molar-refractivity contribution is 7.85. The minimum atomic E-state index is -0.836. The van der Waals surface area contributed by atoms with E-state index >= 15 is 0 Å². The molecule has 1 aromatic rings. The Kier molecular flexibility index (Phi) is 6.20. The highest BCUT2D eigenvalue weighted by atomic mass is 32.2. The van der Waals surface area contributed by atoms with Crippen molar-refractivity contribution in [3.63, 3.8) is 0 Å². The number of nitrogens with one attached hydrogen (secondary N) is 1. The minimum Gasteiger partial charge on any atom is -0.377 e. The maximum absolute atomic E-state index is 12.3. The summed E-state index contributed by atoms with van der Waals surface area (Å²) in [5.74, 6) is 1.34. The molecule has 1 saturated heterocycles. The Morgan fingerprint density at radius 1 is 1.50 bits per heavy atom. The first-order chi connectivity index (χ1) is 9.69. The van der Waals surface area contributed by atoms with Gasteiger partial charge in [-0.15, -0.1) is 0 Å². The van der Waals surface area contributed by atoms with Crippen LogP contribution < -0.4 is 5.32 Å². The highest BCUT2D eigenvalue weighted by Crippen LogP contribution is 2.18. The second-order valence-electron chi connectivity index (χ2n) is 5.43. The quantitative estimate of drug-likeness (QED) is 0.840. The number of hydrogen-bond donors (Lipinski definition) is 1. The van der Waals surface area contributed by atoms with Crippen LogP contribution in [0.5, 0.6) is 0 Å². The fourth-order valence-corrected chi connectivity index (χ4v) is 4.14. The van der Waals surface area contributed by atoms with E-state index in [1.165, 1.54) is 11.1 Å². The van der Waals surface area contributed by atoms with Crippen LogP contribution in [-0.2, 0) is 15.5 Å². The fourth-order valence-electron chi connectivity index (χ4n) is 2.64. The van der Waals surface area contributed by atoms with Crippen LogP contribution in [0.4, 0.5) is 0 Å². The molecule has 3 unspecified atom stereocenters. The minimum absolute atomic E-state index is 0.169. The molecule has 3 nitrogen and oxygen atoms in total. The van der Waals surface area contributed by atoms with Crippen LogP contribution in [0, 0.1) is 6.92 Å². The Hall–Kier alpha value is -0.710. The number of rotatable bonds is 7. The zero-order valence-electron chi connectivity index (χ0n) is 12.4. The van der Waals surface area contributed by atoms with E-state index in [0.717, 1.165) is 26.0 Å². The molecule has 2 rings (SSSR count). The highest BCUT2D eigenvalue weighted by Gasteiger charge is 2.21. The molecule has 1 heterocycles. The Morgan fingerprint density at radius 2 is 2.35 bits per heavy atom. The summed E-state index contributed by atoms with van der Waals surface area (Å²) in [5.41, 5.74) is 2.47. The molecule has 0 bridgehead atoms. The Bertz CT molecular complexity index is 444. The lowest BCUT2D eigenvalue weighted by Gasteiger charge is -2.19. The number of aryl methyl sites for hydroxylation is 1. The van der Waals surface area contributed by atoms with Gasteiger partial charge < -0.3 is 10.1 Å². The summed E-state index contributed by atoms with van der Waals surface area (Å²) < 4.78 is 17.9. The second-order valence-corrected chi connectivity index (χ2v) is 6.98. The molecule has 1 aliphatic heterocycles. The molecule has 112 valence electrons. The van der Waals surface area contributed by atoms with E-state index in [4.69, 9.17) is 4.74 Å². The van der Waals surface area contributed by atoms with E-state index in [1.807, 2.05) is 0 Å². The monoisotopic (exact) mass is 295 g/mol. The van der Waals surface area contributed by atoms with E-state index < -0.39 is 10.8 Å². The van der Waals surface area contributed by atoms with Crippen molar-refractivity contribution in [2.24, 2.45) is 0 Å². The van der Waals surface area contributed by atoms with Gasteiger partial charge in [0, 0.05) is 35.0 Å². The molecule has 1 aliphatic rings. The summed E-state index contributed by atoms with van der Waals surface area (Å²) >= 11 is 0. The third-order valence-corrected chi connectivity index (χ3v) is 5.09. The smallest absolute Gasteiger partial charge is 0.0691 e. The van der Waals surface area contributed by atoms with Crippen LogP contribution in [0.25, 0.3) is 0 Å². The van der Waals surface area contributed by atoms with Crippen LogP contribution in [0.15, 0.2) is 24.3 Å². The third-order valence-electron chi connectivity index (χ3n) is 3.64. The van der Waals surface area contributed by atoms with E-state index in [-0.39, 0.29) is 12.1 Å². The molecular formula is C16H25NO2S. The lowest BCUT2D eigenvalue weighted by Crippen LogP contribution is -2.28. The standard InChI is InChI=1S/C16H25NO2S/c1-3-17-16(14-7-4-6-13(2)10-14)12-20(18)11-15-8-5-9-19-15/h4,6-7,10,15-17H,3,5,8-9,11-12H2,1-2H3. The topological polar surface area (TPSA) is 38.3 Å². The van der Waals surface area contributed by atoms with Gasteiger partial charge in [0.05, 0.1) is 6.10 Å². The molecule has 0 saturated carbocycles. The molecular weight excluding hydrogens is 270 g/mol. The van der Waals surface area contributed by atoms with E-state index in [9.17, 15) is 4.21 Å². The van der Waals surface area contributed by atoms with Crippen molar-refractivity contribution in [1.82, 2.24) is 5.32 Å². The van der Waals surface area contributed by atoms with Crippen molar-refractivity contribution in [1.29, 1.82) is 0 Å². The zero-order valence-corrected chi connectivity index (χ0v) is 13.2. The fraction of sp³-hybridized carbons (Fsp3) is 0.625. The normalized spacial score (nSPS) is 21.8. The Labute approximate surface area is 124 Å². The summed E-state index contributed by atoms with van der Waals surface area (Å²) in [6, 6.07) is 8.62. The molecule has 1 aromatic carbocycles. The number of ether oxygens (including phenoxy) is 1. The number of benzene rings is 1. The maximum Gasteiger partial charge on any atom is 0.0691 e.